The predicted octanol–water partition coefficient (Wildman–Crippen LogP) is 5.04. The molecular weight excluding hydrogens is 398 g/mol. The number of pyridine rings is 1. The van der Waals surface area contributed by atoms with E-state index in [0.717, 1.165) is 35.3 Å². The van der Waals surface area contributed by atoms with E-state index in [2.05, 4.69) is 55.4 Å². The van der Waals surface area contributed by atoms with Crippen molar-refractivity contribution in [2.75, 3.05) is 26.0 Å². The molecule has 4 rings (SSSR count). The van der Waals surface area contributed by atoms with Crippen molar-refractivity contribution in [2.45, 2.75) is 26.3 Å². The van der Waals surface area contributed by atoms with Crippen molar-refractivity contribution in [1.82, 2.24) is 19.7 Å². The number of nitrogens with one attached hydrogen (secondary N) is 1. The maximum absolute atomic E-state index is 13.3. The van der Waals surface area contributed by atoms with Gasteiger partial charge in [-0.2, -0.15) is 5.10 Å². The quantitative estimate of drug-likeness (QED) is 0.449. The highest BCUT2D eigenvalue weighted by molar-refractivity contribution is 6.12. The number of nitrogens with zero attached hydrogens (tertiary/aromatic N) is 4. The summed E-state index contributed by atoms with van der Waals surface area (Å²) in [7, 11) is 4.13. The van der Waals surface area contributed by atoms with E-state index in [1.165, 1.54) is 5.56 Å². The van der Waals surface area contributed by atoms with E-state index in [9.17, 15) is 4.79 Å². The van der Waals surface area contributed by atoms with Crippen LogP contribution in [0.25, 0.3) is 22.3 Å². The van der Waals surface area contributed by atoms with Gasteiger partial charge < -0.3 is 10.2 Å². The molecule has 1 N–H and O–H groups in total. The zero-order valence-corrected chi connectivity index (χ0v) is 19.0. The van der Waals surface area contributed by atoms with Crippen molar-refractivity contribution in [3.63, 3.8) is 0 Å². The van der Waals surface area contributed by atoms with E-state index in [1.54, 1.807) is 6.20 Å². The molecule has 0 atom stereocenters. The Hall–Kier alpha value is -3.51. The number of benzene rings is 2. The van der Waals surface area contributed by atoms with Crippen LogP contribution < -0.4 is 5.32 Å². The minimum Gasteiger partial charge on any atom is -0.322 e. The molecule has 0 saturated heterocycles. The van der Waals surface area contributed by atoms with Crippen molar-refractivity contribution < 1.29 is 4.79 Å². The minimum atomic E-state index is -0.168. The number of carbonyl (C=O) groups excluding carboxylic acids is 1. The van der Waals surface area contributed by atoms with Crippen LogP contribution >= 0.6 is 0 Å². The Balaban J connectivity index is 1.67. The standard InChI is InChI=1S/C26H29N5O/c1-18(2)31-25-23(17-27-31)22(16-24(29-25)20-8-6-5-7-9-20)26(32)28-21-12-10-19(11-13-21)14-15-30(3)4/h5-13,16-18H,14-15H2,1-4H3,(H,28,32). The number of amides is 1. The Labute approximate surface area is 188 Å². The molecule has 6 nitrogen and oxygen atoms in total. The van der Waals surface area contributed by atoms with Gasteiger partial charge in [0.25, 0.3) is 5.91 Å². The van der Waals surface area contributed by atoms with Crippen LogP contribution in [0.1, 0.15) is 35.8 Å². The molecule has 0 aliphatic carbocycles. The summed E-state index contributed by atoms with van der Waals surface area (Å²) < 4.78 is 1.86. The highest BCUT2D eigenvalue weighted by atomic mass is 16.1. The van der Waals surface area contributed by atoms with Gasteiger partial charge in [-0.3, -0.25) is 4.79 Å². The molecule has 164 valence electrons. The highest BCUT2D eigenvalue weighted by Gasteiger charge is 2.18. The highest BCUT2D eigenvalue weighted by Crippen LogP contribution is 2.27. The predicted molar refractivity (Wildman–Crippen MR) is 130 cm³/mol. The van der Waals surface area contributed by atoms with Gasteiger partial charge in [0.05, 0.1) is 22.8 Å². The minimum absolute atomic E-state index is 0.136. The summed E-state index contributed by atoms with van der Waals surface area (Å²) in [5.41, 5.74) is 5.01. The number of carbonyl (C=O) groups is 1. The van der Waals surface area contributed by atoms with Gasteiger partial charge in [-0.05, 0) is 58.1 Å². The molecule has 0 aliphatic rings. The number of fused-ring (bicyclic) bond motifs is 1. The third kappa shape index (κ3) is 4.70. The number of likely N-dealkylation sites (N-methyl/N-ethyl adjacent to an activating group) is 1. The topological polar surface area (TPSA) is 63.1 Å². The number of anilines is 1. The molecule has 2 aromatic heterocycles. The van der Waals surface area contributed by atoms with Crippen molar-refractivity contribution >= 4 is 22.6 Å². The first-order chi connectivity index (χ1) is 15.4. The first-order valence-electron chi connectivity index (χ1n) is 10.9. The lowest BCUT2D eigenvalue weighted by atomic mass is 10.1. The number of hydrogen-bond donors (Lipinski definition) is 1. The van der Waals surface area contributed by atoms with Crippen molar-refractivity contribution in [3.05, 3.63) is 78.0 Å². The monoisotopic (exact) mass is 427 g/mol. The van der Waals surface area contributed by atoms with Crippen LogP contribution in [0.4, 0.5) is 5.69 Å². The largest absolute Gasteiger partial charge is 0.322 e. The third-order valence-electron chi connectivity index (χ3n) is 5.43. The Kier molecular flexibility index (Phi) is 6.32. The molecular formula is C26H29N5O. The molecule has 4 aromatic rings. The van der Waals surface area contributed by atoms with E-state index in [0.29, 0.717) is 11.2 Å². The van der Waals surface area contributed by atoms with Crippen molar-refractivity contribution in [2.24, 2.45) is 0 Å². The Bertz CT molecular complexity index is 1210. The zero-order valence-electron chi connectivity index (χ0n) is 19.0. The Morgan fingerprint density at radius 2 is 1.78 bits per heavy atom. The van der Waals surface area contributed by atoms with Crippen LogP contribution in [0.5, 0.6) is 0 Å². The fraction of sp³-hybridized carbons (Fsp3) is 0.269. The summed E-state index contributed by atoms with van der Waals surface area (Å²) in [6.45, 7) is 5.10. The van der Waals surface area contributed by atoms with Crippen LogP contribution in [-0.4, -0.2) is 46.2 Å². The lowest BCUT2D eigenvalue weighted by Crippen LogP contribution is -2.15. The summed E-state index contributed by atoms with van der Waals surface area (Å²) in [5.74, 6) is -0.168. The molecule has 0 fully saturated rings. The van der Waals surface area contributed by atoms with Crippen LogP contribution in [-0.2, 0) is 6.42 Å². The maximum Gasteiger partial charge on any atom is 0.256 e. The van der Waals surface area contributed by atoms with Crippen LogP contribution in [0.2, 0.25) is 0 Å². The second kappa shape index (κ2) is 9.32. The average molecular weight is 428 g/mol. The summed E-state index contributed by atoms with van der Waals surface area (Å²) >= 11 is 0. The lowest BCUT2D eigenvalue weighted by molar-refractivity contribution is 0.102. The summed E-state index contributed by atoms with van der Waals surface area (Å²) in [6, 6.07) is 19.9. The van der Waals surface area contributed by atoms with E-state index < -0.39 is 0 Å². The van der Waals surface area contributed by atoms with E-state index in [4.69, 9.17) is 4.98 Å². The Morgan fingerprint density at radius 3 is 2.44 bits per heavy atom. The van der Waals surface area contributed by atoms with Gasteiger partial charge in [-0.1, -0.05) is 42.5 Å². The van der Waals surface area contributed by atoms with Gasteiger partial charge in [-0.25, -0.2) is 9.67 Å². The van der Waals surface area contributed by atoms with Crippen LogP contribution in [0.15, 0.2) is 66.9 Å². The second-order valence-electron chi connectivity index (χ2n) is 8.55. The molecule has 1 amide bonds. The number of rotatable bonds is 7. The molecule has 0 unspecified atom stereocenters. The van der Waals surface area contributed by atoms with Crippen LogP contribution in [0.3, 0.4) is 0 Å². The molecule has 6 heteroatoms. The summed E-state index contributed by atoms with van der Waals surface area (Å²) in [5, 5.41) is 8.29. The zero-order chi connectivity index (χ0) is 22.7. The molecule has 0 bridgehead atoms. The molecule has 2 aromatic carbocycles. The normalized spacial score (nSPS) is 11.4. The van der Waals surface area contributed by atoms with Crippen LogP contribution in [0, 0.1) is 0 Å². The molecule has 0 spiro atoms. The van der Waals surface area contributed by atoms with Crippen molar-refractivity contribution in [1.29, 1.82) is 0 Å². The summed E-state index contributed by atoms with van der Waals surface area (Å²) in [6.07, 6.45) is 2.71. The fourth-order valence-corrected chi connectivity index (χ4v) is 3.65. The first kappa shape index (κ1) is 21.7. The maximum atomic E-state index is 13.3. The second-order valence-corrected chi connectivity index (χ2v) is 8.55. The van der Waals surface area contributed by atoms with Gasteiger partial charge in [0.1, 0.15) is 0 Å². The average Bonchev–Trinajstić information content (AvgIpc) is 3.23. The van der Waals surface area contributed by atoms with Gasteiger partial charge in [0, 0.05) is 23.8 Å². The fourth-order valence-electron chi connectivity index (χ4n) is 3.65. The van der Waals surface area contributed by atoms with Gasteiger partial charge >= 0.3 is 0 Å². The number of aromatic nitrogens is 3. The van der Waals surface area contributed by atoms with Gasteiger partial charge in [0.15, 0.2) is 5.65 Å². The van der Waals surface area contributed by atoms with Gasteiger partial charge in [0.2, 0.25) is 0 Å². The number of hydrogen-bond acceptors (Lipinski definition) is 4. The Morgan fingerprint density at radius 1 is 1.06 bits per heavy atom. The summed E-state index contributed by atoms with van der Waals surface area (Å²) in [4.78, 5) is 20.3. The SMILES string of the molecule is CC(C)n1ncc2c(C(=O)Nc3ccc(CCN(C)C)cc3)cc(-c3ccccc3)nc21. The molecule has 0 radical (unpaired) electrons. The van der Waals surface area contributed by atoms with E-state index >= 15 is 0 Å². The molecule has 32 heavy (non-hydrogen) atoms. The first-order valence-corrected chi connectivity index (χ1v) is 10.9. The van der Waals surface area contributed by atoms with E-state index in [-0.39, 0.29) is 11.9 Å². The van der Waals surface area contributed by atoms with Gasteiger partial charge in [-0.15, -0.1) is 0 Å². The molecule has 0 aliphatic heterocycles. The van der Waals surface area contributed by atoms with E-state index in [1.807, 2.05) is 53.2 Å². The molecule has 2 heterocycles. The lowest BCUT2D eigenvalue weighted by Gasteiger charge is -2.12. The third-order valence-corrected chi connectivity index (χ3v) is 5.43. The van der Waals surface area contributed by atoms with Crippen molar-refractivity contribution in [3.8, 4) is 11.3 Å². The molecule has 0 saturated carbocycles. The smallest absolute Gasteiger partial charge is 0.256 e.